The third-order valence-corrected chi connectivity index (χ3v) is 5.80. The van der Waals surface area contributed by atoms with Crippen molar-refractivity contribution in [2.75, 3.05) is 19.3 Å². The van der Waals surface area contributed by atoms with E-state index in [1.54, 1.807) is 0 Å². The van der Waals surface area contributed by atoms with Crippen LogP contribution in [-0.4, -0.2) is 38.0 Å². The minimum absolute atomic E-state index is 0.0102. The van der Waals surface area contributed by atoms with Gasteiger partial charge < -0.3 is 5.32 Å². The molecule has 5 nitrogen and oxygen atoms in total. The molecule has 1 saturated heterocycles. The van der Waals surface area contributed by atoms with Crippen molar-refractivity contribution in [3.05, 3.63) is 35.4 Å². The molecular formula is C17H26N2O3S. The van der Waals surface area contributed by atoms with Gasteiger partial charge in [-0.25, -0.2) is 12.7 Å². The fourth-order valence-corrected chi connectivity index (χ4v) is 3.83. The second-order valence-electron chi connectivity index (χ2n) is 6.32. The molecular weight excluding hydrogens is 312 g/mol. The summed E-state index contributed by atoms with van der Waals surface area (Å²) in [6.07, 6.45) is 3.22. The first-order chi connectivity index (χ1) is 10.8. The molecule has 1 heterocycles. The number of hydrogen-bond donors (Lipinski definition) is 1. The molecule has 0 spiro atoms. The van der Waals surface area contributed by atoms with Crippen molar-refractivity contribution in [3.8, 4) is 0 Å². The van der Waals surface area contributed by atoms with E-state index in [2.05, 4.69) is 36.5 Å². The third kappa shape index (κ3) is 4.78. The summed E-state index contributed by atoms with van der Waals surface area (Å²) in [7, 11) is -3.15. The van der Waals surface area contributed by atoms with Crippen molar-refractivity contribution in [2.24, 2.45) is 5.92 Å². The minimum Gasteiger partial charge on any atom is -0.349 e. The van der Waals surface area contributed by atoms with E-state index in [-0.39, 0.29) is 17.9 Å². The molecule has 1 fully saturated rings. The summed E-state index contributed by atoms with van der Waals surface area (Å²) in [5.74, 6) is -0.0712. The number of amides is 1. The van der Waals surface area contributed by atoms with Crippen molar-refractivity contribution >= 4 is 15.9 Å². The topological polar surface area (TPSA) is 66.5 Å². The van der Waals surface area contributed by atoms with Gasteiger partial charge in [0.05, 0.1) is 12.3 Å². The summed E-state index contributed by atoms with van der Waals surface area (Å²) in [5, 5.41) is 3.12. The van der Waals surface area contributed by atoms with Crippen molar-refractivity contribution < 1.29 is 13.2 Å². The number of nitrogens with zero attached hydrogens (tertiary/aromatic N) is 1. The molecule has 0 aromatic heterocycles. The number of aryl methyl sites for hydroxylation is 1. The number of carbonyl (C=O) groups is 1. The van der Waals surface area contributed by atoms with Crippen molar-refractivity contribution in [2.45, 2.75) is 39.2 Å². The van der Waals surface area contributed by atoms with Crippen LogP contribution in [0.15, 0.2) is 24.3 Å². The van der Waals surface area contributed by atoms with Gasteiger partial charge in [0.2, 0.25) is 15.9 Å². The Morgan fingerprint density at radius 3 is 2.30 bits per heavy atom. The van der Waals surface area contributed by atoms with Crippen LogP contribution in [-0.2, 0) is 14.8 Å². The summed E-state index contributed by atoms with van der Waals surface area (Å²) in [6, 6.07) is 8.21. The van der Waals surface area contributed by atoms with Crippen LogP contribution in [0.5, 0.6) is 0 Å². The van der Waals surface area contributed by atoms with E-state index in [1.807, 2.05) is 6.92 Å². The first-order valence-electron chi connectivity index (χ1n) is 8.13. The Bertz CT molecular complexity index is 632. The fourth-order valence-electron chi connectivity index (χ4n) is 2.96. The quantitative estimate of drug-likeness (QED) is 0.895. The molecule has 0 radical (unpaired) electrons. The number of piperidine rings is 1. The highest BCUT2D eigenvalue weighted by Crippen LogP contribution is 2.22. The number of nitrogens with one attached hydrogen (secondary N) is 1. The highest BCUT2D eigenvalue weighted by Gasteiger charge is 2.29. The largest absolute Gasteiger partial charge is 0.349 e. The van der Waals surface area contributed by atoms with Gasteiger partial charge in [-0.05, 0) is 31.7 Å². The van der Waals surface area contributed by atoms with Gasteiger partial charge in [-0.2, -0.15) is 0 Å². The summed E-state index contributed by atoms with van der Waals surface area (Å²) < 4.78 is 24.5. The maximum absolute atomic E-state index is 12.5. The highest BCUT2D eigenvalue weighted by atomic mass is 32.2. The Hall–Kier alpha value is -1.40. The molecule has 1 aliphatic rings. The maximum atomic E-state index is 12.5. The van der Waals surface area contributed by atoms with Gasteiger partial charge in [0.15, 0.2) is 0 Å². The molecule has 23 heavy (non-hydrogen) atoms. The Balaban J connectivity index is 1.94. The zero-order valence-corrected chi connectivity index (χ0v) is 14.9. The zero-order chi connectivity index (χ0) is 17.0. The number of carbonyl (C=O) groups excluding carboxylic acids is 1. The molecule has 0 unspecified atom stereocenters. The van der Waals surface area contributed by atoms with Gasteiger partial charge in [0.1, 0.15) is 0 Å². The number of benzene rings is 1. The van der Waals surface area contributed by atoms with E-state index >= 15 is 0 Å². The summed E-state index contributed by atoms with van der Waals surface area (Å²) in [6.45, 7) is 4.95. The summed E-state index contributed by atoms with van der Waals surface area (Å²) in [5.41, 5.74) is 2.31. The van der Waals surface area contributed by atoms with E-state index in [4.69, 9.17) is 0 Å². The minimum atomic E-state index is -3.15. The zero-order valence-electron chi connectivity index (χ0n) is 14.1. The molecule has 1 amide bonds. The predicted molar refractivity (Wildman–Crippen MR) is 91.5 cm³/mol. The summed E-state index contributed by atoms with van der Waals surface area (Å²) >= 11 is 0. The van der Waals surface area contributed by atoms with Gasteiger partial charge in [-0.1, -0.05) is 36.8 Å². The molecule has 1 aromatic carbocycles. The van der Waals surface area contributed by atoms with Gasteiger partial charge in [0.25, 0.3) is 0 Å². The Labute approximate surface area is 139 Å². The van der Waals surface area contributed by atoms with Crippen LogP contribution in [0, 0.1) is 12.8 Å². The van der Waals surface area contributed by atoms with E-state index in [0.717, 1.165) is 12.0 Å². The summed E-state index contributed by atoms with van der Waals surface area (Å²) in [4.78, 5) is 12.5. The first-order valence-corrected chi connectivity index (χ1v) is 9.98. The lowest BCUT2D eigenvalue weighted by atomic mass is 9.95. The van der Waals surface area contributed by atoms with Crippen LogP contribution >= 0.6 is 0 Å². The second kappa shape index (κ2) is 7.45. The number of sulfonamides is 1. The molecule has 2 rings (SSSR count). The predicted octanol–water partition coefficient (Wildman–Crippen LogP) is 2.23. The van der Waals surface area contributed by atoms with Crippen LogP contribution in [0.4, 0.5) is 0 Å². The lowest BCUT2D eigenvalue weighted by Crippen LogP contribution is -2.43. The van der Waals surface area contributed by atoms with Gasteiger partial charge >= 0.3 is 0 Å². The molecule has 0 aliphatic carbocycles. The van der Waals surface area contributed by atoms with Crippen LogP contribution in [0.3, 0.4) is 0 Å². The third-order valence-electron chi connectivity index (χ3n) is 4.50. The second-order valence-corrected chi connectivity index (χ2v) is 8.30. The van der Waals surface area contributed by atoms with Crippen LogP contribution < -0.4 is 5.32 Å². The van der Waals surface area contributed by atoms with Gasteiger partial charge in [-0.3, -0.25) is 4.79 Å². The van der Waals surface area contributed by atoms with Gasteiger partial charge in [0, 0.05) is 19.0 Å². The van der Waals surface area contributed by atoms with E-state index in [9.17, 15) is 13.2 Å². The highest BCUT2D eigenvalue weighted by molar-refractivity contribution is 7.88. The van der Waals surface area contributed by atoms with Crippen molar-refractivity contribution in [1.29, 1.82) is 0 Å². The van der Waals surface area contributed by atoms with Crippen LogP contribution in [0.2, 0.25) is 0 Å². The molecule has 6 heteroatoms. The average molecular weight is 338 g/mol. The molecule has 1 aromatic rings. The standard InChI is InChI=1S/C17H26N2O3S/c1-4-16(14-7-5-13(2)6-8-14)18-17(20)15-9-11-19(12-10-15)23(3,21)22/h5-8,15-16H,4,9-12H2,1-3H3,(H,18,20)/t16-/m1/s1. The SMILES string of the molecule is CC[C@@H](NC(=O)C1CCN(S(C)(=O)=O)CC1)c1ccc(C)cc1. The lowest BCUT2D eigenvalue weighted by Gasteiger charge is -2.30. The molecule has 1 aliphatic heterocycles. The number of rotatable bonds is 5. The average Bonchev–Trinajstić information content (AvgIpc) is 2.52. The van der Waals surface area contributed by atoms with Crippen molar-refractivity contribution in [1.82, 2.24) is 9.62 Å². The van der Waals surface area contributed by atoms with Crippen LogP contribution in [0.1, 0.15) is 43.4 Å². The molecule has 1 atom stereocenters. The van der Waals surface area contributed by atoms with Crippen LogP contribution in [0.25, 0.3) is 0 Å². The molecule has 0 bridgehead atoms. The van der Waals surface area contributed by atoms with E-state index in [1.165, 1.54) is 16.1 Å². The smallest absolute Gasteiger partial charge is 0.223 e. The monoisotopic (exact) mass is 338 g/mol. The normalized spacial score (nSPS) is 18.6. The van der Waals surface area contributed by atoms with E-state index in [0.29, 0.717) is 25.9 Å². The first kappa shape index (κ1) is 17.9. The maximum Gasteiger partial charge on any atom is 0.223 e. The Kier molecular flexibility index (Phi) is 5.81. The van der Waals surface area contributed by atoms with Gasteiger partial charge in [-0.15, -0.1) is 0 Å². The Morgan fingerprint density at radius 2 is 1.83 bits per heavy atom. The molecule has 0 saturated carbocycles. The molecule has 128 valence electrons. The lowest BCUT2D eigenvalue weighted by molar-refractivity contribution is -0.126. The number of hydrogen-bond acceptors (Lipinski definition) is 3. The van der Waals surface area contributed by atoms with E-state index < -0.39 is 10.0 Å². The van der Waals surface area contributed by atoms with Crippen molar-refractivity contribution in [3.63, 3.8) is 0 Å². The fraction of sp³-hybridized carbons (Fsp3) is 0.588. The Morgan fingerprint density at radius 1 is 1.26 bits per heavy atom. The molecule has 1 N–H and O–H groups in total.